The Bertz CT molecular complexity index is 832. The highest BCUT2D eigenvalue weighted by Crippen LogP contribution is 2.36. The van der Waals surface area contributed by atoms with Crippen LogP contribution in [-0.4, -0.2) is 65.5 Å². The number of piperidine rings is 1. The molecule has 0 saturated carbocycles. The van der Waals surface area contributed by atoms with Crippen LogP contribution in [-0.2, 0) is 4.74 Å². The number of hydrogen-bond donors (Lipinski definition) is 1. The Hall–Kier alpha value is -2.69. The molecule has 0 aliphatic carbocycles. The Labute approximate surface area is 165 Å². The van der Waals surface area contributed by atoms with Crippen LogP contribution in [0.15, 0.2) is 18.5 Å². The van der Waals surface area contributed by atoms with E-state index in [1.165, 1.54) is 0 Å². The molecule has 0 spiro atoms. The maximum atomic E-state index is 13.0. The van der Waals surface area contributed by atoms with E-state index < -0.39 is 12.1 Å². The minimum atomic E-state index is -4.15. The van der Waals surface area contributed by atoms with Crippen LogP contribution in [0.25, 0.3) is 11.3 Å². The van der Waals surface area contributed by atoms with E-state index in [-0.39, 0.29) is 18.8 Å². The third-order valence-electron chi connectivity index (χ3n) is 5.24. The van der Waals surface area contributed by atoms with Crippen LogP contribution in [0.2, 0.25) is 0 Å². The summed E-state index contributed by atoms with van der Waals surface area (Å²) in [7, 11) is 0. The summed E-state index contributed by atoms with van der Waals surface area (Å²) in [5, 5.41) is 0. The number of aromatic nitrogens is 4. The zero-order valence-corrected chi connectivity index (χ0v) is 15.8. The quantitative estimate of drug-likeness (QED) is 0.824. The minimum Gasteiger partial charge on any atom is -0.378 e. The van der Waals surface area contributed by atoms with Crippen molar-refractivity contribution in [3.63, 3.8) is 0 Å². The monoisotopic (exact) mass is 409 g/mol. The molecule has 4 heterocycles. The highest BCUT2D eigenvalue weighted by molar-refractivity contribution is 5.64. The van der Waals surface area contributed by atoms with E-state index >= 15 is 0 Å². The lowest BCUT2D eigenvalue weighted by Crippen LogP contribution is -2.40. The number of anilines is 3. The molecule has 2 aromatic heterocycles. The van der Waals surface area contributed by atoms with Gasteiger partial charge in [0.1, 0.15) is 5.82 Å². The number of ether oxygens (including phenoxy) is 1. The van der Waals surface area contributed by atoms with Gasteiger partial charge in [-0.2, -0.15) is 18.2 Å². The van der Waals surface area contributed by atoms with E-state index in [1.54, 1.807) is 18.5 Å². The minimum absolute atomic E-state index is 0.0563. The third-order valence-corrected chi connectivity index (χ3v) is 5.24. The number of halogens is 3. The summed E-state index contributed by atoms with van der Waals surface area (Å²) in [6, 6.07) is 1.77. The molecule has 0 aromatic carbocycles. The van der Waals surface area contributed by atoms with E-state index in [0.717, 1.165) is 0 Å². The van der Waals surface area contributed by atoms with Crippen molar-refractivity contribution >= 4 is 17.7 Å². The topological polar surface area (TPSA) is 93.3 Å². The summed E-state index contributed by atoms with van der Waals surface area (Å²) in [4.78, 5) is 21.2. The lowest BCUT2D eigenvalue weighted by Gasteiger charge is -2.34. The van der Waals surface area contributed by atoms with Gasteiger partial charge < -0.3 is 20.3 Å². The average Bonchev–Trinajstić information content (AvgIpc) is 2.74. The molecule has 0 bridgehead atoms. The number of alkyl halides is 3. The van der Waals surface area contributed by atoms with Crippen LogP contribution < -0.4 is 15.5 Å². The van der Waals surface area contributed by atoms with Crippen molar-refractivity contribution in [1.29, 1.82) is 0 Å². The van der Waals surface area contributed by atoms with Crippen LogP contribution in [0.4, 0.5) is 30.9 Å². The predicted molar refractivity (Wildman–Crippen MR) is 101 cm³/mol. The predicted octanol–water partition coefficient (Wildman–Crippen LogP) is 2.13. The molecule has 2 fully saturated rings. The maximum absolute atomic E-state index is 13.0. The van der Waals surface area contributed by atoms with E-state index in [4.69, 9.17) is 10.5 Å². The molecule has 11 heteroatoms. The number of hydrogen-bond acceptors (Lipinski definition) is 8. The van der Waals surface area contributed by atoms with Crippen molar-refractivity contribution in [3.8, 4) is 11.3 Å². The van der Waals surface area contributed by atoms with Gasteiger partial charge in [-0.15, -0.1) is 0 Å². The second-order valence-corrected chi connectivity index (χ2v) is 7.14. The molecular weight excluding hydrogens is 387 g/mol. The highest BCUT2D eigenvalue weighted by Gasteiger charge is 2.41. The van der Waals surface area contributed by atoms with Crippen LogP contribution in [0, 0.1) is 5.92 Å². The smallest absolute Gasteiger partial charge is 0.378 e. The largest absolute Gasteiger partial charge is 0.391 e. The van der Waals surface area contributed by atoms with Gasteiger partial charge in [0, 0.05) is 50.2 Å². The number of nitrogens with zero attached hydrogens (tertiary/aromatic N) is 6. The molecule has 2 saturated heterocycles. The molecule has 2 aliphatic rings. The van der Waals surface area contributed by atoms with Crippen LogP contribution >= 0.6 is 0 Å². The van der Waals surface area contributed by atoms with E-state index in [1.807, 2.05) is 9.80 Å². The van der Waals surface area contributed by atoms with Gasteiger partial charge >= 0.3 is 6.18 Å². The molecule has 0 amide bonds. The van der Waals surface area contributed by atoms with E-state index in [0.29, 0.717) is 62.4 Å². The van der Waals surface area contributed by atoms with Crippen molar-refractivity contribution in [2.75, 3.05) is 54.9 Å². The first-order valence-corrected chi connectivity index (χ1v) is 9.51. The molecule has 4 rings (SSSR count). The first kappa shape index (κ1) is 19.6. The molecule has 29 heavy (non-hydrogen) atoms. The van der Waals surface area contributed by atoms with Gasteiger partial charge in [0.05, 0.1) is 24.8 Å². The zero-order chi connectivity index (χ0) is 20.4. The summed E-state index contributed by atoms with van der Waals surface area (Å²) in [5.74, 6) is 0.0273. The molecule has 8 nitrogen and oxygen atoms in total. The SMILES string of the molecule is Nc1ncc(-c2cc(N3CCC(C(F)(F)F)CC3)nc(N3CCOCC3)n2)cn1. The summed E-state index contributed by atoms with van der Waals surface area (Å²) in [5.41, 5.74) is 6.84. The Kier molecular flexibility index (Phi) is 5.39. The van der Waals surface area contributed by atoms with Gasteiger partial charge in [-0.25, -0.2) is 15.0 Å². The summed E-state index contributed by atoms with van der Waals surface area (Å²) >= 11 is 0. The Morgan fingerprint density at radius 3 is 2.24 bits per heavy atom. The Balaban J connectivity index is 1.64. The standard InChI is InChI=1S/C18H22F3N7O/c19-18(20,21)13-1-3-27(4-2-13)15-9-14(12-10-23-16(22)24-11-12)25-17(26-15)28-5-7-29-8-6-28/h9-11,13H,1-8H2,(H2,22,23,24). The fourth-order valence-electron chi connectivity index (χ4n) is 3.54. The first-order valence-electron chi connectivity index (χ1n) is 9.51. The normalized spacial score (nSPS) is 18.9. The van der Waals surface area contributed by atoms with Crippen molar-refractivity contribution in [2.24, 2.45) is 5.92 Å². The van der Waals surface area contributed by atoms with Crippen LogP contribution in [0.3, 0.4) is 0 Å². The Morgan fingerprint density at radius 2 is 1.62 bits per heavy atom. The van der Waals surface area contributed by atoms with Crippen molar-refractivity contribution in [2.45, 2.75) is 19.0 Å². The highest BCUT2D eigenvalue weighted by atomic mass is 19.4. The molecular formula is C18H22F3N7O. The van der Waals surface area contributed by atoms with Gasteiger partial charge in [0.25, 0.3) is 0 Å². The van der Waals surface area contributed by atoms with Gasteiger partial charge in [-0.1, -0.05) is 0 Å². The fraction of sp³-hybridized carbons (Fsp3) is 0.556. The molecule has 0 atom stereocenters. The molecule has 2 aromatic rings. The van der Waals surface area contributed by atoms with Gasteiger partial charge in [0.15, 0.2) is 0 Å². The second-order valence-electron chi connectivity index (χ2n) is 7.14. The number of nitrogen functional groups attached to an aromatic ring is 1. The third kappa shape index (κ3) is 4.50. The lowest BCUT2D eigenvalue weighted by molar-refractivity contribution is -0.179. The summed E-state index contributed by atoms with van der Waals surface area (Å²) in [6.07, 6.45) is -0.883. The van der Waals surface area contributed by atoms with Gasteiger partial charge in [0.2, 0.25) is 11.9 Å². The first-order chi connectivity index (χ1) is 13.9. The zero-order valence-electron chi connectivity index (χ0n) is 15.8. The molecule has 0 unspecified atom stereocenters. The van der Waals surface area contributed by atoms with Crippen molar-refractivity contribution < 1.29 is 17.9 Å². The van der Waals surface area contributed by atoms with E-state index in [2.05, 4.69) is 19.9 Å². The van der Waals surface area contributed by atoms with Gasteiger partial charge in [-0.3, -0.25) is 0 Å². The number of rotatable bonds is 3. The Morgan fingerprint density at radius 1 is 0.966 bits per heavy atom. The lowest BCUT2D eigenvalue weighted by atomic mass is 9.96. The number of morpholine rings is 1. The average molecular weight is 409 g/mol. The van der Waals surface area contributed by atoms with Crippen LogP contribution in [0.5, 0.6) is 0 Å². The fourth-order valence-corrected chi connectivity index (χ4v) is 3.54. The number of nitrogens with two attached hydrogens (primary N) is 1. The molecule has 156 valence electrons. The summed E-state index contributed by atoms with van der Waals surface area (Å²) in [6.45, 7) is 3.03. The molecule has 0 radical (unpaired) electrons. The second kappa shape index (κ2) is 7.97. The molecule has 2 N–H and O–H groups in total. The van der Waals surface area contributed by atoms with Crippen molar-refractivity contribution in [1.82, 2.24) is 19.9 Å². The molecule has 2 aliphatic heterocycles. The van der Waals surface area contributed by atoms with Crippen molar-refractivity contribution in [3.05, 3.63) is 18.5 Å². The van der Waals surface area contributed by atoms with E-state index in [9.17, 15) is 13.2 Å². The maximum Gasteiger partial charge on any atom is 0.391 e. The summed E-state index contributed by atoms with van der Waals surface area (Å²) < 4.78 is 44.4. The van der Waals surface area contributed by atoms with Crippen LogP contribution in [0.1, 0.15) is 12.8 Å². The van der Waals surface area contributed by atoms with Gasteiger partial charge in [-0.05, 0) is 12.8 Å².